The third kappa shape index (κ3) is 3.55. The SMILES string of the molecule is COc1ccc(-c2nc(C(=O)NCCCO)cc3c2[nH]c2ccccc23)cc1OC. The predicted molar refractivity (Wildman–Crippen MR) is 116 cm³/mol. The molecule has 2 aromatic carbocycles. The van der Waals surface area contributed by atoms with Crippen LogP contribution in [0.1, 0.15) is 16.9 Å². The van der Waals surface area contributed by atoms with E-state index < -0.39 is 0 Å². The Morgan fingerprint density at radius 1 is 1.07 bits per heavy atom. The fourth-order valence-corrected chi connectivity index (χ4v) is 3.53. The van der Waals surface area contributed by atoms with Gasteiger partial charge in [0.25, 0.3) is 5.91 Å². The van der Waals surface area contributed by atoms with E-state index in [0.29, 0.717) is 35.9 Å². The molecule has 0 spiro atoms. The molecule has 0 radical (unpaired) electrons. The van der Waals surface area contributed by atoms with Crippen molar-refractivity contribution >= 4 is 27.7 Å². The number of hydrogen-bond donors (Lipinski definition) is 3. The maximum absolute atomic E-state index is 12.7. The number of aromatic amines is 1. The molecular formula is C23H23N3O4. The average Bonchev–Trinajstić information content (AvgIpc) is 3.16. The van der Waals surface area contributed by atoms with E-state index in [1.54, 1.807) is 20.3 Å². The zero-order valence-corrected chi connectivity index (χ0v) is 16.9. The van der Waals surface area contributed by atoms with Gasteiger partial charge in [-0.3, -0.25) is 4.79 Å². The van der Waals surface area contributed by atoms with Gasteiger partial charge in [0.1, 0.15) is 5.69 Å². The maximum atomic E-state index is 12.7. The third-order valence-corrected chi connectivity index (χ3v) is 5.01. The lowest BCUT2D eigenvalue weighted by Gasteiger charge is -2.11. The largest absolute Gasteiger partial charge is 0.493 e. The number of carbonyl (C=O) groups excluding carboxylic acids is 1. The molecule has 4 aromatic rings. The van der Waals surface area contributed by atoms with Gasteiger partial charge in [-0.2, -0.15) is 0 Å². The highest BCUT2D eigenvalue weighted by atomic mass is 16.5. The standard InChI is InChI=1S/C23H23N3O4/c1-29-19-9-8-14(12-20(19)30-2)21-22-16(15-6-3-4-7-17(15)25-22)13-18(26-21)23(28)24-10-5-11-27/h3-4,6-9,12-13,25,27H,5,10-11H2,1-2H3,(H,24,28). The molecule has 0 saturated heterocycles. The molecule has 3 N–H and O–H groups in total. The number of rotatable bonds is 7. The van der Waals surface area contributed by atoms with Gasteiger partial charge >= 0.3 is 0 Å². The van der Waals surface area contributed by atoms with E-state index in [1.165, 1.54) is 0 Å². The third-order valence-electron chi connectivity index (χ3n) is 5.01. The van der Waals surface area contributed by atoms with Crippen LogP contribution in [0.2, 0.25) is 0 Å². The highest BCUT2D eigenvalue weighted by Gasteiger charge is 2.18. The van der Waals surface area contributed by atoms with E-state index in [-0.39, 0.29) is 12.5 Å². The number of amides is 1. The van der Waals surface area contributed by atoms with Gasteiger partial charge in [-0.1, -0.05) is 18.2 Å². The van der Waals surface area contributed by atoms with Crippen molar-refractivity contribution < 1.29 is 19.4 Å². The summed E-state index contributed by atoms with van der Waals surface area (Å²) >= 11 is 0. The van der Waals surface area contributed by atoms with Gasteiger partial charge < -0.3 is 24.9 Å². The summed E-state index contributed by atoms with van der Waals surface area (Å²) in [6, 6.07) is 15.3. The zero-order valence-electron chi connectivity index (χ0n) is 16.9. The number of para-hydroxylation sites is 1. The summed E-state index contributed by atoms with van der Waals surface area (Å²) in [5, 5.41) is 13.7. The monoisotopic (exact) mass is 405 g/mol. The van der Waals surface area contributed by atoms with Crippen LogP contribution in [0.5, 0.6) is 11.5 Å². The Labute approximate surface area is 173 Å². The van der Waals surface area contributed by atoms with E-state index in [0.717, 1.165) is 27.4 Å². The number of hydrogen-bond acceptors (Lipinski definition) is 5. The minimum absolute atomic E-state index is 0.0199. The van der Waals surface area contributed by atoms with Gasteiger partial charge in [0.15, 0.2) is 11.5 Å². The highest BCUT2D eigenvalue weighted by Crippen LogP contribution is 2.36. The van der Waals surface area contributed by atoms with Crippen molar-refractivity contribution in [3.05, 3.63) is 54.2 Å². The van der Waals surface area contributed by atoms with Crippen LogP contribution in [-0.2, 0) is 0 Å². The molecule has 0 atom stereocenters. The van der Waals surface area contributed by atoms with Crippen molar-refractivity contribution in [3.8, 4) is 22.8 Å². The topological polar surface area (TPSA) is 96.5 Å². The number of aliphatic hydroxyl groups is 1. The van der Waals surface area contributed by atoms with Crippen LogP contribution in [0.25, 0.3) is 33.1 Å². The number of nitrogens with zero attached hydrogens (tertiary/aromatic N) is 1. The number of ether oxygens (including phenoxy) is 2. The number of pyridine rings is 1. The van der Waals surface area contributed by atoms with E-state index in [2.05, 4.69) is 15.3 Å². The molecule has 0 aliphatic heterocycles. The molecule has 7 nitrogen and oxygen atoms in total. The van der Waals surface area contributed by atoms with Crippen LogP contribution in [0, 0.1) is 0 Å². The summed E-state index contributed by atoms with van der Waals surface area (Å²) < 4.78 is 10.8. The van der Waals surface area contributed by atoms with Crippen molar-refractivity contribution in [2.45, 2.75) is 6.42 Å². The van der Waals surface area contributed by atoms with Crippen molar-refractivity contribution in [3.63, 3.8) is 0 Å². The first-order chi connectivity index (χ1) is 14.7. The number of nitrogens with one attached hydrogen (secondary N) is 2. The summed E-state index contributed by atoms with van der Waals surface area (Å²) in [4.78, 5) is 20.8. The molecule has 1 amide bonds. The number of aromatic nitrogens is 2. The van der Waals surface area contributed by atoms with E-state index in [4.69, 9.17) is 14.6 Å². The number of benzene rings is 2. The van der Waals surface area contributed by atoms with Gasteiger partial charge in [-0.15, -0.1) is 0 Å². The summed E-state index contributed by atoms with van der Waals surface area (Å²) in [5.41, 5.74) is 3.57. The molecule has 2 heterocycles. The molecule has 0 unspecified atom stereocenters. The summed E-state index contributed by atoms with van der Waals surface area (Å²) in [5.74, 6) is 0.920. The Morgan fingerprint density at radius 3 is 2.63 bits per heavy atom. The second-order valence-corrected chi connectivity index (χ2v) is 6.85. The van der Waals surface area contributed by atoms with Crippen LogP contribution in [-0.4, -0.2) is 48.4 Å². The van der Waals surface area contributed by atoms with Crippen molar-refractivity contribution in [2.24, 2.45) is 0 Å². The number of fused-ring (bicyclic) bond motifs is 3. The molecule has 154 valence electrons. The second kappa shape index (κ2) is 8.42. The lowest BCUT2D eigenvalue weighted by molar-refractivity contribution is 0.0946. The molecule has 7 heteroatoms. The van der Waals surface area contributed by atoms with Gasteiger partial charge in [0.05, 0.1) is 25.4 Å². The first-order valence-electron chi connectivity index (χ1n) is 9.69. The Hall–Kier alpha value is -3.58. The highest BCUT2D eigenvalue weighted by molar-refractivity contribution is 6.13. The van der Waals surface area contributed by atoms with E-state index in [9.17, 15) is 4.79 Å². The maximum Gasteiger partial charge on any atom is 0.269 e. The second-order valence-electron chi connectivity index (χ2n) is 6.85. The van der Waals surface area contributed by atoms with Crippen LogP contribution in [0.15, 0.2) is 48.5 Å². The van der Waals surface area contributed by atoms with Crippen molar-refractivity contribution in [1.29, 1.82) is 0 Å². The van der Waals surface area contributed by atoms with E-state index >= 15 is 0 Å². The summed E-state index contributed by atoms with van der Waals surface area (Å²) in [6.07, 6.45) is 0.490. The molecule has 30 heavy (non-hydrogen) atoms. The quantitative estimate of drug-likeness (QED) is 0.409. The molecule has 0 aliphatic carbocycles. The van der Waals surface area contributed by atoms with Crippen LogP contribution < -0.4 is 14.8 Å². The van der Waals surface area contributed by atoms with Crippen molar-refractivity contribution in [2.75, 3.05) is 27.4 Å². The Kier molecular flexibility index (Phi) is 5.54. The zero-order chi connectivity index (χ0) is 21.1. The molecular weight excluding hydrogens is 382 g/mol. The lowest BCUT2D eigenvalue weighted by Crippen LogP contribution is -2.26. The number of carbonyl (C=O) groups is 1. The lowest BCUT2D eigenvalue weighted by atomic mass is 10.1. The minimum atomic E-state index is -0.280. The van der Waals surface area contributed by atoms with E-state index in [1.807, 2.05) is 42.5 Å². The molecule has 0 aliphatic rings. The van der Waals surface area contributed by atoms with Gasteiger partial charge in [0.2, 0.25) is 0 Å². The van der Waals surface area contributed by atoms with Crippen LogP contribution in [0.3, 0.4) is 0 Å². The molecule has 0 fully saturated rings. The number of aliphatic hydroxyl groups excluding tert-OH is 1. The van der Waals surface area contributed by atoms with Gasteiger partial charge in [-0.25, -0.2) is 4.98 Å². The number of H-pyrrole nitrogens is 1. The first-order valence-corrected chi connectivity index (χ1v) is 9.69. The summed E-state index contributed by atoms with van der Waals surface area (Å²) in [7, 11) is 3.17. The minimum Gasteiger partial charge on any atom is -0.493 e. The van der Waals surface area contributed by atoms with Crippen LogP contribution >= 0.6 is 0 Å². The molecule has 0 bridgehead atoms. The van der Waals surface area contributed by atoms with Gasteiger partial charge in [0, 0.05) is 35.0 Å². The molecule has 2 aromatic heterocycles. The Bertz CT molecular complexity index is 1220. The predicted octanol–water partition coefficient (Wildman–Crippen LogP) is 3.51. The smallest absolute Gasteiger partial charge is 0.269 e. The Morgan fingerprint density at radius 2 is 1.87 bits per heavy atom. The number of methoxy groups -OCH3 is 2. The first kappa shape index (κ1) is 19.7. The van der Waals surface area contributed by atoms with Crippen molar-refractivity contribution in [1.82, 2.24) is 15.3 Å². The fourth-order valence-electron chi connectivity index (χ4n) is 3.53. The normalized spacial score (nSPS) is 11.0. The molecule has 0 saturated carbocycles. The summed E-state index contributed by atoms with van der Waals surface area (Å²) in [6.45, 7) is 0.403. The van der Waals surface area contributed by atoms with Gasteiger partial charge in [-0.05, 0) is 36.8 Å². The Balaban J connectivity index is 1.92. The molecule has 4 rings (SSSR count). The fraction of sp³-hybridized carbons (Fsp3) is 0.217. The average molecular weight is 405 g/mol. The van der Waals surface area contributed by atoms with Crippen LogP contribution in [0.4, 0.5) is 0 Å².